The molecule has 3 N–H and O–H groups in total. The number of nitrogens with two attached hydrogens (primary N) is 1. The van der Waals surface area contributed by atoms with E-state index < -0.39 is 5.82 Å². The number of nitrogens with one attached hydrogen (secondary N) is 1. The van der Waals surface area contributed by atoms with Crippen LogP contribution in [0.4, 0.5) is 14.5 Å². The summed E-state index contributed by atoms with van der Waals surface area (Å²) in [6.07, 6.45) is 13.8. The molecule has 2 unspecified atom stereocenters. The second-order valence-electron chi connectivity index (χ2n) is 10.7. The van der Waals surface area contributed by atoms with E-state index in [1.807, 2.05) is 6.07 Å². The van der Waals surface area contributed by atoms with Gasteiger partial charge in [0.2, 0.25) is 0 Å². The van der Waals surface area contributed by atoms with E-state index in [1.54, 1.807) is 12.1 Å². The van der Waals surface area contributed by atoms with Crippen molar-refractivity contribution in [3.05, 3.63) is 71.9 Å². The first-order valence-electron chi connectivity index (χ1n) is 13.9. The van der Waals surface area contributed by atoms with E-state index in [0.717, 1.165) is 54.6 Å². The van der Waals surface area contributed by atoms with Gasteiger partial charge in [0.15, 0.2) is 5.82 Å². The van der Waals surface area contributed by atoms with Crippen molar-refractivity contribution in [3.63, 3.8) is 0 Å². The Kier molecular flexibility index (Phi) is 8.83. The number of aryl methyl sites for hydroxylation is 1. The second-order valence-corrected chi connectivity index (χ2v) is 10.7. The van der Waals surface area contributed by atoms with E-state index >= 15 is 4.39 Å². The molecule has 5 rings (SSSR count). The zero-order valence-corrected chi connectivity index (χ0v) is 22.2. The maximum atomic E-state index is 16.0. The van der Waals surface area contributed by atoms with Crippen molar-refractivity contribution in [2.75, 3.05) is 5.73 Å². The molecule has 37 heavy (non-hydrogen) atoms. The smallest absolute Gasteiger partial charge is 0.156 e. The molecule has 2 atom stereocenters. The first kappa shape index (κ1) is 27.1. The molecule has 2 aliphatic carbocycles. The Morgan fingerprint density at radius 3 is 2.32 bits per heavy atom. The number of hydrogen-bond donors (Lipinski definition) is 2. The molecule has 5 heteroatoms. The van der Waals surface area contributed by atoms with Crippen LogP contribution in [0, 0.1) is 28.9 Å². The summed E-state index contributed by atoms with van der Waals surface area (Å²) in [5.41, 5.74) is 10.5. The van der Waals surface area contributed by atoms with Crippen LogP contribution in [0.1, 0.15) is 93.9 Å². The molecule has 0 saturated heterocycles. The van der Waals surface area contributed by atoms with Gasteiger partial charge >= 0.3 is 0 Å². The molecule has 3 nitrogen and oxygen atoms in total. The molecular weight excluding hydrogens is 464 g/mol. The zero-order valence-electron chi connectivity index (χ0n) is 22.2. The molecule has 1 heterocycles. The second kappa shape index (κ2) is 12.1. The highest BCUT2D eigenvalue weighted by Crippen LogP contribution is 2.44. The van der Waals surface area contributed by atoms with Crippen molar-refractivity contribution >= 4 is 22.8 Å². The molecule has 198 valence electrons. The molecule has 3 aromatic rings. The lowest BCUT2D eigenvalue weighted by atomic mass is 9.83. The van der Waals surface area contributed by atoms with Gasteiger partial charge in [0, 0.05) is 28.5 Å². The van der Waals surface area contributed by atoms with E-state index in [1.165, 1.54) is 62.8 Å². The van der Waals surface area contributed by atoms with Gasteiger partial charge in [-0.05, 0) is 85.8 Å². The van der Waals surface area contributed by atoms with Crippen molar-refractivity contribution in [3.8, 4) is 5.69 Å². The molecule has 0 radical (unpaired) electrons. The lowest BCUT2D eigenvalue weighted by Gasteiger charge is -2.26. The lowest BCUT2D eigenvalue weighted by Crippen LogP contribution is -2.12. The number of benzene rings is 2. The van der Waals surface area contributed by atoms with E-state index in [2.05, 4.69) is 24.6 Å². The maximum absolute atomic E-state index is 16.0. The van der Waals surface area contributed by atoms with Crippen molar-refractivity contribution < 1.29 is 8.78 Å². The summed E-state index contributed by atoms with van der Waals surface area (Å²) in [6.45, 7) is 8.28. The van der Waals surface area contributed by atoms with Gasteiger partial charge in [0.05, 0.1) is 11.2 Å². The number of fused-ring (bicyclic) bond motifs is 1. The molecular formula is C32H41F2N3. The Balaban J connectivity index is 0.00000156. The largest absolute Gasteiger partial charge is 0.396 e. The van der Waals surface area contributed by atoms with Crippen LogP contribution in [0.3, 0.4) is 0 Å². The fourth-order valence-electron chi connectivity index (χ4n) is 6.73. The van der Waals surface area contributed by atoms with Crippen LogP contribution >= 0.6 is 0 Å². The maximum Gasteiger partial charge on any atom is 0.156 e. The Labute approximate surface area is 220 Å². The van der Waals surface area contributed by atoms with Crippen LogP contribution in [0.2, 0.25) is 0 Å². The minimum Gasteiger partial charge on any atom is -0.396 e. The Morgan fingerprint density at radius 1 is 1.03 bits per heavy atom. The molecule has 0 aliphatic heterocycles. The molecule has 2 aromatic carbocycles. The molecule has 0 amide bonds. The van der Waals surface area contributed by atoms with Crippen LogP contribution in [0.15, 0.2) is 43.5 Å². The fourth-order valence-corrected chi connectivity index (χ4v) is 6.73. The molecule has 2 aliphatic rings. The predicted molar refractivity (Wildman–Crippen MR) is 152 cm³/mol. The minimum atomic E-state index is -0.410. The average molecular weight is 506 g/mol. The van der Waals surface area contributed by atoms with Gasteiger partial charge in [-0.1, -0.05) is 45.4 Å². The number of hydrogen-bond acceptors (Lipinski definition) is 2. The Bertz CT molecular complexity index is 1220. The van der Waals surface area contributed by atoms with Crippen LogP contribution in [0.5, 0.6) is 0 Å². The average Bonchev–Trinajstić information content (AvgIpc) is 3.54. The summed E-state index contributed by atoms with van der Waals surface area (Å²) < 4.78 is 32.0. The fraction of sp³-hybridized carbons (Fsp3) is 0.469. The van der Waals surface area contributed by atoms with Crippen molar-refractivity contribution in [2.24, 2.45) is 11.8 Å². The number of nitrogen functional groups attached to an aromatic ring is 1. The highest BCUT2D eigenvalue weighted by Gasteiger charge is 2.30. The zero-order chi connectivity index (χ0) is 26.5. The van der Waals surface area contributed by atoms with Crippen LogP contribution in [-0.2, 0) is 6.42 Å². The van der Waals surface area contributed by atoms with Gasteiger partial charge in [0.1, 0.15) is 5.82 Å². The summed E-state index contributed by atoms with van der Waals surface area (Å²) in [5, 5.41) is 8.42. The number of anilines is 1. The Morgan fingerprint density at radius 2 is 1.70 bits per heavy atom. The molecule has 0 bridgehead atoms. The third kappa shape index (κ3) is 5.37. The van der Waals surface area contributed by atoms with Crippen molar-refractivity contribution in [2.45, 2.75) is 83.5 Å². The predicted octanol–water partition coefficient (Wildman–Crippen LogP) is 9.10. The van der Waals surface area contributed by atoms with Crippen LogP contribution in [0.25, 0.3) is 16.6 Å². The third-order valence-corrected chi connectivity index (χ3v) is 8.67. The van der Waals surface area contributed by atoms with Crippen molar-refractivity contribution in [1.82, 2.24) is 4.57 Å². The summed E-state index contributed by atoms with van der Waals surface area (Å²) in [6, 6.07) is 8.36. The van der Waals surface area contributed by atoms with Gasteiger partial charge in [-0.15, -0.1) is 13.2 Å². The lowest BCUT2D eigenvalue weighted by molar-refractivity contribution is 0.427. The van der Waals surface area contributed by atoms with Gasteiger partial charge in [-0.2, -0.15) is 0 Å². The van der Waals surface area contributed by atoms with Gasteiger partial charge < -0.3 is 15.7 Å². The summed E-state index contributed by atoms with van der Waals surface area (Å²) in [4.78, 5) is 0. The van der Waals surface area contributed by atoms with Gasteiger partial charge in [-0.3, -0.25) is 0 Å². The highest BCUT2D eigenvalue weighted by molar-refractivity contribution is 5.98. The van der Waals surface area contributed by atoms with E-state index in [-0.39, 0.29) is 11.5 Å². The van der Waals surface area contributed by atoms with Gasteiger partial charge in [0.25, 0.3) is 0 Å². The summed E-state index contributed by atoms with van der Waals surface area (Å²) >= 11 is 0. The highest BCUT2D eigenvalue weighted by atomic mass is 19.1. The number of aromatic nitrogens is 1. The van der Waals surface area contributed by atoms with Crippen LogP contribution in [-0.4, -0.2) is 10.8 Å². The third-order valence-electron chi connectivity index (χ3n) is 8.67. The number of halogens is 2. The quantitative estimate of drug-likeness (QED) is 0.188. The first-order chi connectivity index (χ1) is 18.0. The summed E-state index contributed by atoms with van der Waals surface area (Å²) in [5.74, 6) is 1.15. The van der Waals surface area contributed by atoms with Crippen LogP contribution < -0.4 is 5.73 Å². The molecule has 2 saturated carbocycles. The molecule has 0 spiro atoms. The number of nitrogens with zero attached hydrogens (tertiary/aromatic N) is 1. The number of rotatable bonds is 7. The monoisotopic (exact) mass is 505 g/mol. The van der Waals surface area contributed by atoms with E-state index in [9.17, 15) is 4.39 Å². The Hall–Kier alpha value is -2.95. The first-order valence-corrected chi connectivity index (χ1v) is 13.9. The molecule has 2 fully saturated rings. The molecule has 1 aromatic heterocycles. The minimum absolute atomic E-state index is 0.0483. The normalized spacial score (nSPS) is 20.1. The van der Waals surface area contributed by atoms with E-state index in [4.69, 9.17) is 11.1 Å². The van der Waals surface area contributed by atoms with Gasteiger partial charge in [-0.25, -0.2) is 8.78 Å². The SMILES string of the molecule is C=C.CCC1CCC(CCc2c(C3CCCCC3)n(-c3ccc(F)cc3)c3cc(C=N)c(N)c(F)c23)C1. The topological polar surface area (TPSA) is 54.8 Å². The summed E-state index contributed by atoms with van der Waals surface area (Å²) in [7, 11) is 0. The van der Waals surface area contributed by atoms with E-state index in [0.29, 0.717) is 22.8 Å². The van der Waals surface area contributed by atoms with Crippen molar-refractivity contribution in [1.29, 1.82) is 5.41 Å². The standard InChI is InChI=1S/C30H37F2N3.C2H4/c1-2-19-8-9-20(16-19)10-15-25-27-26(17-22(18-33)29(34)28(27)32)35(24-13-11-23(31)12-14-24)30(25)21-6-4-3-5-7-21;1-2/h11-14,17-21,33H,2-10,15-16,34H2,1H3;1-2H2.